The van der Waals surface area contributed by atoms with Crippen molar-refractivity contribution in [3.05, 3.63) is 64.7 Å². The fourth-order valence-corrected chi connectivity index (χ4v) is 5.52. The zero-order chi connectivity index (χ0) is 20.3. The molecule has 0 heterocycles. The average Bonchev–Trinajstić information content (AvgIpc) is 2.68. The van der Waals surface area contributed by atoms with Crippen molar-refractivity contribution in [3.8, 4) is 0 Å². The summed E-state index contributed by atoms with van der Waals surface area (Å²) in [5, 5.41) is 3.08. The Balaban J connectivity index is 1.80. The molecule has 150 valence electrons. The van der Waals surface area contributed by atoms with Gasteiger partial charge in [-0.25, -0.2) is 8.42 Å². The van der Waals surface area contributed by atoms with Crippen LogP contribution < -0.4 is 5.32 Å². The largest absolute Gasteiger partial charge is 0.349 e. The molecule has 1 unspecified atom stereocenters. The SMILES string of the molecule is CCN(CC)S(=O)(=O)c1cc(C(=O)NC2CCc3ccccc3C2)ccc1C. The summed E-state index contributed by atoms with van der Waals surface area (Å²) in [6.07, 6.45) is 2.63. The molecule has 1 amide bonds. The minimum absolute atomic E-state index is 0.0616. The topological polar surface area (TPSA) is 66.5 Å². The van der Waals surface area contributed by atoms with Crippen LogP contribution in [0.5, 0.6) is 0 Å². The first kappa shape index (κ1) is 20.6. The molecule has 0 saturated carbocycles. The van der Waals surface area contributed by atoms with Crippen molar-refractivity contribution in [2.75, 3.05) is 13.1 Å². The first-order valence-electron chi connectivity index (χ1n) is 9.85. The highest BCUT2D eigenvalue weighted by Gasteiger charge is 2.26. The van der Waals surface area contributed by atoms with Gasteiger partial charge in [-0.2, -0.15) is 4.31 Å². The number of carbonyl (C=O) groups is 1. The molecule has 0 radical (unpaired) electrons. The van der Waals surface area contributed by atoms with Crippen molar-refractivity contribution in [3.63, 3.8) is 0 Å². The Morgan fingerprint density at radius 3 is 2.46 bits per heavy atom. The minimum Gasteiger partial charge on any atom is -0.349 e. The molecule has 0 aliphatic heterocycles. The first-order chi connectivity index (χ1) is 13.4. The van der Waals surface area contributed by atoms with Crippen molar-refractivity contribution in [1.82, 2.24) is 9.62 Å². The minimum atomic E-state index is -3.61. The molecule has 3 rings (SSSR count). The lowest BCUT2D eigenvalue weighted by Crippen LogP contribution is -2.39. The molecule has 1 aliphatic carbocycles. The van der Waals surface area contributed by atoms with Crippen LogP contribution in [0.2, 0.25) is 0 Å². The normalized spacial score (nSPS) is 16.6. The molecular weight excluding hydrogens is 372 g/mol. The summed E-state index contributed by atoms with van der Waals surface area (Å²) in [7, 11) is -3.61. The van der Waals surface area contributed by atoms with Gasteiger partial charge in [0.25, 0.3) is 5.91 Å². The second-order valence-electron chi connectivity index (χ2n) is 7.25. The molecule has 0 fully saturated rings. The Labute approximate surface area is 167 Å². The smallest absolute Gasteiger partial charge is 0.251 e. The molecule has 2 aromatic rings. The molecule has 6 heteroatoms. The number of carbonyl (C=O) groups excluding carboxylic acids is 1. The van der Waals surface area contributed by atoms with E-state index < -0.39 is 10.0 Å². The highest BCUT2D eigenvalue weighted by Crippen LogP contribution is 2.23. The predicted octanol–water partition coefficient (Wildman–Crippen LogP) is 3.31. The summed E-state index contributed by atoms with van der Waals surface area (Å²) < 4.78 is 27.2. The molecular formula is C22H28N2O3S. The first-order valence-corrected chi connectivity index (χ1v) is 11.3. The number of hydrogen-bond acceptors (Lipinski definition) is 3. The molecule has 0 aromatic heterocycles. The van der Waals surface area contributed by atoms with E-state index in [9.17, 15) is 13.2 Å². The van der Waals surface area contributed by atoms with Crippen LogP contribution in [0.1, 0.15) is 47.3 Å². The van der Waals surface area contributed by atoms with Crippen LogP contribution in [0.3, 0.4) is 0 Å². The lowest BCUT2D eigenvalue weighted by atomic mass is 9.88. The molecule has 28 heavy (non-hydrogen) atoms. The third kappa shape index (κ3) is 4.13. The van der Waals surface area contributed by atoms with E-state index in [1.54, 1.807) is 19.1 Å². The van der Waals surface area contributed by atoms with Gasteiger partial charge < -0.3 is 5.32 Å². The lowest BCUT2D eigenvalue weighted by Gasteiger charge is -2.25. The van der Waals surface area contributed by atoms with Gasteiger partial charge in [-0.1, -0.05) is 44.2 Å². The number of rotatable bonds is 6. The fourth-order valence-electron chi connectivity index (χ4n) is 3.81. The van der Waals surface area contributed by atoms with Crippen LogP contribution in [0.15, 0.2) is 47.4 Å². The number of sulfonamides is 1. The van der Waals surface area contributed by atoms with E-state index in [2.05, 4.69) is 17.4 Å². The average molecular weight is 401 g/mol. The van der Waals surface area contributed by atoms with E-state index in [1.165, 1.54) is 21.5 Å². The summed E-state index contributed by atoms with van der Waals surface area (Å²) >= 11 is 0. The van der Waals surface area contributed by atoms with Crippen molar-refractivity contribution < 1.29 is 13.2 Å². The van der Waals surface area contributed by atoms with Gasteiger partial charge in [0, 0.05) is 24.7 Å². The number of benzene rings is 2. The monoisotopic (exact) mass is 400 g/mol. The van der Waals surface area contributed by atoms with E-state index in [-0.39, 0.29) is 16.8 Å². The van der Waals surface area contributed by atoms with Gasteiger partial charge in [-0.3, -0.25) is 4.79 Å². The third-order valence-corrected chi connectivity index (χ3v) is 7.65. The van der Waals surface area contributed by atoms with Gasteiger partial charge in [0.15, 0.2) is 0 Å². The second-order valence-corrected chi connectivity index (χ2v) is 9.16. The van der Waals surface area contributed by atoms with Crippen LogP contribution in [0.4, 0.5) is 0 Å². The van der Waals surface area contributed by atoms with Crippen molar-refractivity contribution in [1.29, 1.82) is 0 Å². The van der Waals surface area contributed by atoms with Gasteiger partial charge in [-0.05, 0) is 55.0 Å². The zero-order valence-corrected chi connectivity index (χ0v) is 17.6. The quantitative estimate of drug-likeness (QED) is 0.809. The van der Waals surface area contributed by atoms with Crippen LogP contribution >= 0.6 is 0 Å². The van der Waals surface area contributed by atoms with Crippen LogP contribution in [0.25, 0.3) is 0 Å². The fraction of sp³-hybridized carbons (Fsp3) is 0.409. The standard InChI is InChI=1S/C22H28N2O3S/c1-4-24(5-2)28(26,27)21-15-19(11-10-16(21)3)22(25)23-20-13-12-17-8-6-7-9-18(17)14-20/h6-11,15,20H,4-5,12-14H2,1-3H3,(H,23,25). The Morgan fingerprint density at radius 1 is 1.11 bits per heavy atom. The Bertz CT molecular complexity index is 965. The number of aryl methyl sites for hydroxylation is 2. The van der Waals surface area contributed by atoms with Gasteiger partial charge in [0.1, 0.15) is 0 Å². The summed E-state index contributed by atoms with van der Waals surface area (Å²) in [6.45, 7) is 6.18. The molecule has 0 saturated heterocycles. The predicted molar refractivity (Wildman–Crippen MR) is 111 cm³/mol. The molecule has 0 spiro atoms. The summed E-state index contributed by atoms with van der Waals surface area (Å²) in [5.41, 5.74) is 3.65. The van der Waals surface area contributed by atoms with E-state index in [0.29, 0.717) is 24.2 Å². The third-order valence-electron chi connectivity index (χ3n) is 5.46. The highest BCUT2D eigenvalue weighted by molar-refractivity contribution is 7.89. The number of amides is 1. The van der Waals surface area contributed by atoms with Crippen molar-refractivity contribution in [2.24, 2.45) is 0 Å². The van der Waals surface area contributed by atoms with Gasteiger partial charge in [0.05, 0.1) is 4.90 Å². The Kier molecular flexibility index (Phi) is 6.20. The van der Waals surface area contributed by atoms with Crippen LogP contribution in [0, 0.1) is 6.92 Å². The molecule has 2 aromatic carbocycles. The van der Waals surface area contributed by atoms with Crippen LogP contribution in [-0.2, 0) is 22.9 Å². The van der Waals surface area contributed by atoms with E-state index in [1.807, 2.05) is 26.0 Å². The maximum absolute atomic E-state index is 12.9. The maximum Gasteiger partial charge on any atom is 0.251 e. The number of nitrogens with one attached hydrogen (secondary N) is 1. The maximum atomic E-state index is 12.9. The Morgan fingerprint density at radius 2 is 1.79 bits per heavy atom. The lowest BCUT2D eigenvalue weighted by molar-refractivity contribution is 0.0933. The summed E-state index contributed by atoms with van der Waals surface area (Å²) in [4.78, 5) is 13.0. The Hall–Kier alpha value is -2.18. The van der Waals surface area contributed by atoms with E-state index >= 15 is 0 Å². The summed E-state index contributed by atoms with van der Waals surface area (Å²) in [6, 6.07) is 13.3. The highest BCUT2D eigenvalue weighted by atomic mass is 32.2. The van der Waals surface area contributed by atoms with Gasteiger partial charge in [-0.15, -0.1) is 0 Å². The zero-order valence-electron chi connectivity index (χ0n) is 16.7. The molecule has 1 atom stereocenters. The molecule has 1 aliphatic rings. The van der Waals surface area contributed by atoms with Crippen molar-refractivity contribution >= 4 is 15.9 Å². The van der Waals surface area contributed by atoms with Gasteiger partial charge >= 0.3 is 0 Å². The number of fused-ring (bicyclic) bond motifs is 1. The molecule has 0 bridgehead atoms. The molecule has 1 N–H and O–H groups in total. The number of nitrogens with zero attached hydrogens (tertiary/aromatic N) is 1. The summed E-state index contributed by atoms with van der Waals surface area (Å²) in [5.74, 6) is -0.222. The van der Waals surface area contributed by atoms with Gasteiger partial charge in [0.2, 0.25) is 10.0 Å². The van der Waals surface area contributed by atoms with E-state index in [4.69, 9.17) is 0 Å². The van der Waals surface area contributed by atoms with Crippen molar-refractivity contribution in [2.45, 2.75) is 51.0 Å². The van der Waals surface area contributed by atoms with Crippen LogP contribution in [-0.4, -0.2) is 37.8 Å². The molecule has 5 nitrogen and oxygen atoms in total. The second kappa shape index (κ2) is 8.45. The van der Waals surface area contributed by atoms with E-state index in [0.717, 1.165) is 19.3 Å². The number of hydrogen-bond donors (Lipinski definition) is 1.